The number of rotatable bonds is 6. The van der Waals surface area contributed by atoms with Crippen LogP contribution in [0.1, 0.15) is 54.7 Å². The second-order valence-corrected chi connectivity index (χ2v) is 7.05. The normalized spacial score (nSPS) is 18.2. The van der Waals surface area contributed by atoms with Gasteiger partial charge in [-0.25, -0.2) is 4.39 Å². The lowest BCUT2D eigenvalue weighted by molar-refractivity contribution is 0.0925. The Hall–Kier alpha value is -2.35. The van der Waals surface area contributed by atoms with E-state index in [1.165, 1.54) is 12.3 Å². The van der Waals surface area contributed by atoms with Gasteiger partial charge in [-0.05, 0) is 31.4 Å². The van der Waals surface area contributed by atoms with Crippen LogP contribution in [-0.4, -0.2) is 45.6 Å². The maximum absolute atomic E-state index is 13.2. The average Bonchev–Trinajstić information content (AvgIpc) is 3.09. The third-order valence-corrected chi connectivity index (χ3v) is 4.48. The molecule has 1 unspecified atom stereocenters. The van der Waals surface area contributed by atoms with Crippen LogP contribution < -0.4 is 5.32 Å². The van der Waals surface area contributed by atoms with E-state index in [0.717, 1.165) is 38.0 Å². The Morgan fingerprint density at radius 2 is 2.31 bits per heavy atom. The highest BCUT2D eigenvalue weighted by Gasteiger charge is 2.22. The molecule has 0 spiro atoms. The average molecular weight is 361 g/mol. The van der Waals surface area contributed by atoms with E-state index in [2.05, 4.69) is 25.3 Å². The SMILES string of the molecule is CC(C)c1noc(CN2CCCC(CNC(=O)c3cncc(F)c3)C2)n1. The number of pyridine rings is 1. The number of carbonyl (C=O) groups excluding carboxylic acids is 1. The van der Waals surface area contributed by atoms with Crippen molar-refractivity contribution in [3.8, 4) is 0 Å². The van der Waals surface area contributed by atoms with Gasteiger partial charge in [0.2, 0.25) is 5.89 Å². The van der Waals surface area contributed by atoms with E-state index < -0.39 is 5.82 Å². The van der Waals surface area contributed by atoms with Gasteiger partial charge in [0, 0.05) is 25.2 Å². The van der Waals surface area contributed by atoms with Crippen LogP contribution in [-0.2, 0) is 6.54 Å². The summed E-state index contributed by atoms with van der Waals surface area (Å²) in [5.74, 6) is 1.12. The molecule has 8 heteroatoms. The Bertz CT molecular complexity index is 749. The van der Waals surface area contributed by atoms with Crippen molar-refractivity contribution in [3.05, 3.63) is 41.6 Å². The molecule has 3 heterocycles. The molecule has 1 aliphatic rings. The van der Waals surface area contributed by atoms with Gasteiger partial charge in [0.25, 0.3) is 5.91 Å². The van der Waals surface area contributed by atoms with Crippen LogP contribution in [0.4, 0.5) is 4.39 Å². The van der Waals surface area contributed by atoms with Crippen LogP contribution in [0.25, 0.3) is 0 Å². The summed E-state index contributed by atoms with van der Waals surface area (Å²) in [5, 5.41) is 6.87. The Kier molecular flexibility index (Phi) is 5.92. The topological polar surface area (TPSA) is 84.2 Å². The first-order chi connectivity index (χ1) is 12.5. The van der Waals surface area contributed by atoms with E-state index in [9.17, 15) is 9.18 Å². The zero-order chi connectivity index (χ0) is 18.5. The second kappa shape index (κ2) is 8.35. The number of piperidine rings is 1. The van der Waals surface area contributed by atoms with Gasteiger partial charge in [0.05, 0.1) is 18.3 Å². The number of hydrogen-bond donors (Lipinski definition) is 1. The molecule has 1 aliphatic heterocycles. The maximum Gasteiger partial charge on any atom is 0.252 e. The smallest absolute Gasteiger partial charge is 0.252 e. The van der Waals surface area contributed by atoms with Crippen molar-refractivity contribution in [1.82, 2.24) is 25.3 Å². The van der Waals surface area contributed by atoms with Crippen molar-refractivity contribution >= 4 is 5.91 Å². The first kappa shape index (κ1) is 18.4. The molecule has 2 aromatic rings. The van der Waals surface area contributed by atoms with Crippen molar-refractivity contribution in [2.75, 3.05) is 19.6 Å². The predicted molar refractivity (Wildman–Crippen MR) is 92.9 cm³/mol. The molecular formula is C18H24FN5O2. The zero-order valence-electron chi connectivity index (χ0n) is 15.1. The van der Waals surface area contributed by atoms with Gasteiger partial charge in [0.1, 0.15) is 5.82 Å². The number of carbonyl (C=O) groups is 1. The molecule has 0 radical (unpaired) electrons. The molecule has 3 rings (SSSR count). The molecular weight excluding hydrogens is 337 g/mol. The summed E-state index contributed by atoms with van der Waals surface area (Å²) in [5.41, 5.74) is 0.241. The van der Waals surface area contributed by atoms with E-state index in [0.29, 0.717) is 24.9 Å². The van der Waals surface area contributed by atoms with Gasteiger partial charge in [-0.1, -0.05) is 19.0 Å². The van der Waals surface area contributed by atoms with Crippen LogP contribution in [0.5, 0.6) is 0 Å². The molecule has 1 N–H and O–H groups in total. The van der Waals surface area contributed by atoms with Gasteiger partial charge in [-0.2, -0.15) is 4.98 Å². The van der Waals surface area contributed by atoms with E-state index in [1.54, 1.807) is 0 Å². The molecule has 2 aromatic heterocycles. The van der Waals surface area contributed by atoms with Crippen molar-refractivity contribution in [3.63, 3.8) is 0 Å². The van der Waals surface area contributed by atoms with Gasteiger partial charge in [-0.15, -0.1) is 0 Å². The third kappa shape index (κ3) is 4.85. The summed E-state index contributed by atoms with van der Waals surface area (Å²) in [6, 6.07) is 1.19. The lowest BCUT2D eigenvalue weighted by atomic mass is 9.98. The summed E-state index contributed by atoms with van der Waals surface area (Å²) in [6.45, 7) is 7.05. The molecule has 0 aromatic carbocycles. The van der Waals surface area contributed by atoms with Gasteiger partial charge in [-0.3, -0.25) is 14.7 Å². The fraction of sp³-hybridized carbons (Fsp3) is 0.556. The monoisotopic (exact) mass is 361 g/mol. The summed E-state index contributed by atoms with van der Waals surface area (Å²) in [6.07, 6.45) is 4.54. The number of aromatic nitrogens is 3. The molecule has 140 valence electrons. The van der Waals surface area contributed by atoms with Crippen LogP contribution in [0.15, 0.2) is 23.0 Å². The van der Waals surface area contributed by atoms with Crippen LogP contribution >= 0.6 is 0 Å². The van der Waals surface area contributed by atoms with E-state index in [4.69, 9.17) is 4.52 Å². The molecule has 1 saturated heterocycles. The lowest BCUT2D eigenvalue weighted by Gasteiger charge is -2.31. The number of nitrogens with one attached hydrogen (secondary N) is 1. The van der Waals surface area contributed by atoms with Crippen molar-refractivity contribution in [2.45, 2.75) is 39.2 Å². The van der Waals surface area contributed by atoms with E-state index in [-0.39, 0.29) is 17.4 Å². The van der Waals surface area contributed by atoms with Crippen LogP contribution in [0.3, 0.4) is 0 Å². The fourth-order valence-electron chi connectivity index (χ4n) is 3.09. The van der Waals surface area contributed by atoms with E-state index >= 15 is 0 Å². The minimum absolute atomic E-state index is 0.241. The highest BCUT2D eigenvalue weighted by atomic mass is 19.1. The van der Waals surface area contributed by atoms with Crippen molar-refractivity contribution in [1.29, 1.82) is 0 Å². The summed E-state index contributed by atoms with van der Waals surface area (Å²) < 4.78 is 18.5. The number of hydrogen-bond acceptors (Lipinski definition) is 6. The number of amides is 1. The molecule has 0 saturated carbocycles. The second-order valence-electron chi connectivity index (χ2n) is 7.05. The number of likely N-dealkylation sites (tertiary alicyclic amines) is 1. The predicted octanol–water partition coefficient (Wildman–Crippen LogP) is 2.37. The molecule has 0 aliphatic carbocycles. The van der Waals surface area contributed by atoms with Crippen LogP contribution in [0.2, 0.25) is 0 Å². The van der Waals surface area contributed by atoms with Gasteiger partial charge in [0.15, 0.2) is 5.82 Å². The molecule has 7 nitrogen and oxygen atoms in total. The number of halogens is 1. The van der Waals surface area contributed by atoms with Gasteiger partial charge >= 0.3 is 0 Å². The Morgan fingerprint density at radius 3 is 3.04 bits per heavy atom. The molecule has 0 bridgehead atoms. The molecule has 1 fully saturated rings. The first-order valence-electron chi connectivity index (χ1n) is 8.95. The van der Waals surface area contributed by atoms with Crippen LogP contribution in [0, 0.1) is 11.7 Å². The Morgan fingerprint density at radius 1 is 1.46 bits per heavy atom. The lowest BCUT2D eigenvalue weighted by Crippen LogP contribution is -2.40. The minimum Gasteiger partial charge on any atom is -0.352 e. The summed E-state index contributed by atoms with van der Waals surface area (Å²) in [7, 11) is 0. The fourth-order valence-corrected chi connectivity index (χ4v) is 3.09. The minimum atomic E-state index is -0.512. The van der Waals surface area contributed by atoms with Crippen molar-refractivity contribution < 1.29 is 13.7 Å². The van der Waals surface area contributed by atoms with Gasteiger partial charge < -0.3 is 9.84 Å². The molecule has 1 amide bonds. The Labute approximate surface area is 152 Å². The van der Waals surface area contributed by atoms with E-state index in [1.807, 2.05) is 13.8 Å². The van der Waals surface area contributed by atoms with Crippen molar-refractivity contribution in [2.24, 2.45) is 5.92 Å². The Balaban J connectivity index is 1.49. The quantitative estimate of drug-likeness (QED) is 0.850. The molecule has 1 atom stereocenters. The zero-order valence-corrected chi connectivity index (χ0v) is 15.1. The summed E-state index contributed by atoms with van der Waals surface area (Å²) in [4.78, 5) is 22.5. The largest absolute Gasteiger partial charge is 0.352 e. The highest BCUT2D eigenvalue weighted by Crippen LogP contribution is 2.18. The number of nitrogens with zero attached hydrogens (tertiary/aromatic N) is 4. The first-order valence-corrected chi connectivity index (χ1v) is 8.95. The third-order valence-electron chi connectivity index (χ3n) is 4.48. The summed E-state index contributed by atoms with van der Waals surface area (Å²) >= 11 is 0. The standard InChI is InChI=1S/C18H24FN5O2/c1-12(2)17-22-16(26-23-17)11-24-5-3-4-13(10-24)7-21-18(25)14-6-15(19)9-20-8-14/h6,8-9,12-13H,3-5,7,10-11H2,1-2H3,(H,21,25). The molecule has 26 heavy (non-hydrogen) atoms. The highest BCUT2D eigenvalue weighted by molar-refractivity contribution is 5.93. The maximum atomic E-state index is 13.2.